The van der Waals surface area contributed by atoms with Gasteiger partial charge in [-0.15, -0.1) is 0 Å². The Balaban J connectivity index is 1.64. The molecule has 0 saturated heterocycles. The lowest BCUT2D eigenvalue weighted by atomic mass is 10.1. The highest BCUT2D eigenvalue weighted by atomic mass is 32.1. The number of thiazole rings is 1. The lowest BCUT2D eigenvalue weighted by Gasteiger charge is -2.08. The minimum Gasteiger partial charge on any atom is -0.493 e. The van der Waals surface area contributed by atoms with Crippen molar-refractivity contribution >= 4 is 45.5 Å². The van der Waals surface area contributed by atoms with Crippen molar-refractivity contribution in [1.82, 2.24) is 10.4 Å². The Morgan fingerprint density at radius 2 is 1.74 bits per heavy atom. The van der Waals surface area contributed by atoms with Gasteiger partial charge in [-0.1, -0.05) is 41.7 Å². The van der Waals surface area contributed by atoms with Gasteiger partial charge in [-0.25, -0.2) is 10.4 Å². The van der Waals surface area contributed by atoms with E-state index in [0.29, 0.717) is 39.3 Å². The molecule has 10 nitrogen and oxygen atoms in total. The molecule has 0 radical (unpaired) electrons. The molecule has 1 heterocycles. The number of rotatable bonds is 10. The minimum atomic E-state index is -0.452. The summed E-state index contributed by atoms with van der Waals surface area (Å²) in [6, 6.07) is 20.4. The number of benzene rings is 3. The molecule has 2 N–H and O–H groups in total. The van der Waals surface area contributed by atoms with Crippen molar-refractivity contribution in [3.63, 3.8) is 0 Å². The number of nitro benzene ring substituents is 1. The van der Waals surface area contributed by atoms with Gasteiger partial charge in [0.1, 0.15) is 5.71 Å². The molecular weight excluding hydrogens is 518 g/mol. The molecule has 0 fully saturated rings. The lowest BCUT2D eigenvalue weighted by Crippen LogP contribution is -2.19. The number of aryl methyl sites for hydroxylation is 1. The molecule has 0 atom stereocenters. The van der Waals surface area contributed by atoms with E-state index < -0.39 is 4.92 Å². The first kappa shape index (κ1) is 27.0. The maximum atomic E-state index is 12.7. The van der Waals surface area contributed by atoms with Gasteiger partial charge in [0.05, 0.1) is 29.7 Å². The Morgan fingerprint density at radius 3 is 2.41 bits per heavy atom. The summed E-state index contributed by atoms with van der Waals surface area (Å²) in [7, 11) is 3.14. The molecule has 0 spiro atoms. The van der Waals surface area contributed by atoms with E-state index in [2.05, 4.69) is 20.8 Å². The van der Waals surface area contributed by atoms with Gasteiger partial charge < -0.3 is 14.8 Å². The maximum absolute atomic E-state index is 12.7. The molecule has 1 amide bonds. The van der Waals surface area contributed by atoms with Crippen LogP contribution >= 0.6 is 11.3 Å². The minimum absolute atomic E-state index is 0.000403. The zero-order chi connectivity index (χ0) is 27.8. The Hall–Kier alpha value is -5.03. The summed E-state index contributed by atoms with van der Waals surface area (Å²) < 4.78 is 10.7. The molecular formula is C28H25N5O5S. The molecule has 39 heavy (non-hydrogen) atoms. The number of carbonyl (C=O) groups excluding carboxylic acids is 1. The number of nitrogens with one attached hydrogen (secondary N) is 2. The Kier molecular flexibility index (Phi) is 8.64. The average molecular weight is 544 g/mol. The number of hydrogen-bond acceptors (Lipinski definition) is 9. The molecule has 0 unspecified atom stereocenters. The van der Waals surface area contributed by atoms with Crippen molar-refractivity contribution < 1.29 is 19.2 Å². The van der Waals surface area contributed by atoms with Crippen molar-refractivity contribution in [2.24, 2.45) is 5.10 Å². The summed E-state index contributed by atoms with van der Waals surface area (Å²) in [5.74, 6) is 0.844. The van der Waals surface area contributed by atoms with E-state index in [-0.39, 0.29) is 11.6 Å². The van der Waals surface area contributed by atoms with Crippen LogP contribution in [0.1, 0.15) is 26.5 Å². The van der Waals surface area contributed by atoms with Crippen LogP contribution in [0.3, 0.4) is 0 Å². The first-order valence-corrected chi connectivity index (χ1v) is 12.5. The fourth-order valence-electron chi connectivity index (χ4n) is 3.54. The molecule has 0 aliphatic rings. The fraction of sp³-hybridized carbons (Fsp3) is 0.107. The molecule has 1 aromatic heterocycles. The number of carbonyl (C=O) groups is 1. The van der Waals surface area contributed by atoms with Crippen LogP contribution in [-0.4, -0.2) is 35.7 Å². The number of hydrazone groups is 1. The number of amides is 1. The molecule has 0 saturated carbocycles. The number of hydrogen-bond donors (Lipinski definition) is 2. The number of allylic oxidation sites excluding steroid dienone is 1. The first-order chi connectivity index (χ1) is 18.9. The predicted molar refractivity (Wildman–Crippen MR) is 152 cm³/mol. The van der Waals surface area contributed by atoms with Gasteiger partial charge in [-0.3, -0.25) is 14.9 Å². The number of anilines is 2. The highest BCUT2D eigenvalue weighted by Gasteiger charge is 2.14. The highest BCUT2D eigenvalue weighted by molar-refractivity contribution is 7.17. The van der Waals surface area contributed by atoms with Crippen molar-refractivity contribution in [1.29, 1.82) is 0 Å². The summed E-state index contributed by atoms with van der Waals surface area (Å²) in [5, 5.41) is 19.1. The molecule has 0 aliphatic carbocycles. The number of nitrogens with zero attached hydrogens (tertiary/aromatic N) is 3. The van der Waals surface area contributed by atoms with E-state index in [0.717, 1.165) is 10.4 Å². The molecule has 4 aromatic rings. The molecule has 0 bridgehead atoms. The Bertz CT molecular complexity index is 1530. The molecule has 3 aromatic carbocycles. The lowest BCUT2D eigenvalue weighted by molar-refractivity contribution is -0.384. The molecule has 11 heteroatoms. The van der Waals surface area contributed by atoms with E-state index in [1.54, 1.807) is 62.8 Å². The second kappa shape index (κ2) is 12.5. The number of aromatic nitrogens is 1. The van der Waals surface area contributed by atoms with E-state index in [1.165, 1.54) is 23.5 Å². The zero-order valence-electron chi connectivity index (χ0n) is 21.4. The summed E-state index contributed by atoms with van der Waals surface area (Å²) in [6.07, 6.45) is 3.63. The van der Waals surface area contributed by atoms with Gasteiger partial charge in [-0.05, 0) is 55.0 Å². The SMILES string of the molecule is COc1ccc(/C=C\C(=N/NC(=O)c2ccccc2)c2sc(Nc3ccc([N+](=O)[O-])cc3)nc2C)cc1OC. The van der Waals surface area contributed by atoms with Crippen LogP contribution in [0.5, 0.6) is 11.5 Å². The summed E-state index contributed by atoms with van der Waals surface area (Å²) in [4.78, 5) is 28.5. The maximum Gasteiger partial charge on any atom is 0.271 e. The van der Waals surface area contributed by atoms with E-state index >= 15 is 0 Å². The van der Waals surface area contributed by atoms with Gasteiger partial charge in [-0.2, -0.15) is 5.10 Å². The van der Waals surface area contributed by atoms with Crippen LogP contribution in [0.25, 0.3) is 6.08 Å². The van der Waals surface area contributed by atoms with Gasteiger partial charge >= 0.3 is 0 Å². The standard InChI is InChI=1S/C28H25N5O5S/c1-18-26(39-28(29-18)30-21-11-13-22(14-12-21)33(35)36)23(31-32-27(34)20-7-5-4-6-8-20)15-9-19-10-16-24(37-2)25(17-19)38-3/h4-17H,1-3H3,(H,29,30)(H,32,34)/b15-9-,31-23+. The number of nitro groups is 1. The monoisotopic (exact) mass is 543 g/mol. The third-order valence-corrected chi connectivity index (χ3v) is 6.61. The largest absolute Gasteiger partial charge is 0.493 e. The average Bonchev–Trinajstić information content (AvgIpc) is 3.32. The van der Waals surface area contributed by atoms with Crippen LogP contribution in [0.15, 0.2) is 84.0 Å². The van der Waals surface area contributed by atoms with Crippen LogP contribution in [0.4, 0.5) is 16.5 Å². The van der Waals surface area contributed by atoms with E-state index in [9.17, 15) is 14.9 Å². The second-order valence-corrected chi connectivity index (χ2v) is 9.11. The quantitative estimate of drug-likeness (QED) is 0.143. The molecule has 4 rings (SSSR count). The van der Waals surface area contributed by atoms with Crippen molar-refractivity contribution in [3.05, 3.63) is 111 Å². The van der Waals surface area contributed by atoms with Crippen molar-refractivity contribution in [2.75, 3.05) is 19.5 Å². The highest BCUT2D eigenvalue weighted by Crippen LogP contribution is 2.30. The van der Waals surface area contributed by atoms with Gasteiger partial charge in [0, 0.05) is 23.4 Å². The van der Waals surface area contributed by atoms with Crippen LogP contribution in [-0.2, 0) is 0 Å². The predicted octanol–water partition coefficient (Wildman–Crippen LogP) is 5.97. The summed E-state index contributed by atoms with van der Waals surface area (Å²) >= 11 is 1.34. The number of ether oxygens (including phenoxy) is 2. The number of methoxy groups -OCH3 is 2. The van der Waals surface area contributed by atoms with Crippen molar-refractivity contribution in [2.45, 2.75) is 6.92 Å². The van der Waals surface area contributed by atoms with Gasteiger partial charge in [0.15, 0.2) is 16.6 Å². The van der Waals surface area contributed by atoms with Crippen LogP contribution in [0, 0.1) is 17.0 Å². The second-order valence-electron chi connectivity index (χ2n) is 8.11. The third-order valence-electron chi connectivity index (χ3n) is 5.51. The zero-order valence-corrected chi connectivity index (χ0v) is 22.2. The third kappa shape index (κ3) is 6.84. The number of non-ortho nitro benzene ring substituents is 1. The van der Waals surface area contributed by atoms with E-state index in [4.69, 9.17) is 9.47 Å². The Labute approximate surface area is 228 Å². The molecule has 198 valence electrons. The van der Waals surface area contributed by atoms with Gasteiger partial charge in [0.2, 0.25) is 0 Å². The fourth-order valence-corrected chi connectivity index (χ4v) is 4.49. The van der Waals surface area contributed by atoms with E-state index in [1.807, 2.05) is 31.2 Å². The van der Waals surface area contributed by atoms with Crippen molar-refractivity contribution in [3.8, 4) is 11.5 Å². The topological polar surface area (TPSA) is 128 Å². The first-order valence-electron chi connectivity index (χ1n) is 11.7. The van der Waals surface area contributed by atoms with Crippen LogP contribution < -0.4 is 20.2 Å². The molecule has 0 aliphatic heterocycles. The van der Waals surface area contributed by atoms with Gasteiger partial charge in [0.25, 0.3) is 11.6 Å². The van der Waals surface area contributed by atoms with Crippen LogP contribution in [0.2, 0.25) is 0 Å². The smallest absolute Gasteiger partial charge is 0.271 e. The normalized spacial score (nSPS) is 11.3. The summed E-state index contributed by atoms with van der Waals surface area (Å²) in [6.45, 7) is 1.84. The summed E-state index contributed by atoms with van der Waals surface area (Å²) in [5.41, 5.74) is 5.76. The Morgan fingerprint density at radius 1 is 1.03 bits per heavy atom.